The molecule has 0 radical (unpaired) electrons. The van der Waals surface area contributed by atoms with E-state index in [0.717, 1.165) is 14.7 Å². The summed E-state index contributed by atoms with van der Waals surface area (Å²) in [5.41, 5.74) is 0.919. The minimum atomic E-state index is -3.84. The minimum Gasteiger partial charge on any atom is -0.380 e. The van der Waals surface area contributed by atoms with Crippen molar-refractivity contribution in [3.63, 3.8) is 0 Å². The van der Waals surface area contributed by atoms with Crippen LogP contribution < -0.4 is 4.80 Å². The van der Waals surface area contributed by atoms with Gasteiger partial charge in [0.25, 0.3) is 10.0 Å². The fraction of sp³-hybridized carbons (Fsp3) is 0.235. The van der Waals surface area contributed by atoms with Crippen molar-refractivity contribution < 1.29 is 13.2 Å². The van der Waals surface area contributed by atoms with Gasteiger partial charge in [0.1, 0.15) is 0 Å². The molecule has 0 fully saturated rings. The Morgan fingerprint density at radius 2 is 1.96 bits per heavy atom. The summed E-state index contributed by atoms with van der Waals surface area (Å²) in [5.74, 6) is 0. The lowest BCUT2D eigenvalue weighted by Gasteiger charge is -2.06. The molecule has 0 saturated carbocycles. The second kappa shape index (κ2) is 8.22. The lowest BCUT2D eigenvalue weighted by molar-refractivity contribution is 0.139. The highest BCUT2D eigenvalue weighted by atomic mass is 79.9. The number of ether oxygens (including phenoxy) is 1. The first-order valence-corrected chi connectivity index (χ1v) is 11.3. The van der Waals surface area contributed by atoms with Crippen molar-refractivity contribution in [2.45, 2.75) is 18.4 Å². The second-order valence-electron chi connectivity index (χ2n) is 5.37. The summed E-state index contributed by atoms with van der Waals surface area (Å²) in [7, 11) is -3.84. The molecule has 3 aromatic rings. The van der Waals surface area contributed by atoms with E-state index >= 15 is 0 Å². The summed E-state index contributed by atoms with van der Waals surface area (Å²) in [5, 5.41) is 0.474. The molecule has 0 aliphatic carbocycles. The molecule has 0 atom stereocenters. The van der Waals surface area contributed by atoms with Crippen LogP contribution >= 0.6 is 38.9 Å². The summed E-state index contributed by atoms with van der Waals surface area (Å²) >= 11 is 10.6. The number of fused-ring (bicyclic) bond motifs is 1. The summed E-state index contributed by atoms with van der Waals surface area (Å²) in [6.45, 7) is 3.52. The Hall–Kier alpha value is -1.19. The molecule has 1 heterocycles. The number of nitrogens with zero attached hydrogens (tertiary/aromatic N) is 2. The van der Waals surface area contributed by atoms with Crippen molar-refractivity contribution in [3.8, 4) is 0 Å². The van der Waals surface area contributed by atoms with Crippen molar-refractivity contribution >= 4 is 59.1 Å². The van der Waals surface area contributed by atoms with Gasteiger partial charge in [-0.15, -0.1) is 4.40 Å². The highest BCUT2D eigenvalue weighted by Gasteiger charge is 2.15. The quantitative estimate of drug-likeness (QED) is 0.495. The molecular weight excluding hydrogens is 460 g/mol. The van der Waals surface area contributed by atoms with Gasteiger partial charge in [-0.3, -0.25) is 0 Å². The van der Waals surface area contributed by atoms with Crippen LogP contribution in [0.4, 0.5) is 0 Å². The number of hydrogen-bond acceptors (Lipinski definition) is 4. The van der Waals surface area contributed by atoms with E-state index in [1.165, 1.54) is 35.6 Å². The summed E-state index contributed by atoms with van der Waals surface area (Å²) < 4.78 is 38.6. The van der Waals surface area contributed by atoms with Crippen LogP contribution in [0.25, 0.3) is 10.2 Å². The average Bonchev–Trinajstić information content (AvgIpc) is 2.91. The molecule has 0 aliphatic heterocycles. The zero-order valence-corrected chi connectivity index (χ0v) is 17.8. The standard InChI is InChI=1S/C17H16BrClN2O3S2/c1-2-24-10-9-21-15-8-3-12(18)11-16(15)25-17(21)20-26(22,23)14-6-4-13(19)5-7-14/h3-8,11H,2,9-10H2,1H3/b20-17-. The Bertz CT molecular complexity index is 1090. The second-order valence-corrected chi connectivity index (χ2v) is 9.33. The molecule has 0 aliphatic rings. The molecule has 5 nitrogen and oxygen atoms in total. The zero-order chi connectivity index (χ0) is 18.7. The van der Waals surface area contributed by atoms with Crippen molar-refractivity contribution in [3.05, 3.63) is 56.8 Å². The third-order valence-electron chi connectivity index (χ3n) is 3.62. The van der Waals surface area contributed by atoms with Gasteiger partial charge in [-0.25, -0.2) is 0 Å². The lowest BCUT2D eigenvalue weighted by Crippen LogP contribution is -2.19. The van der Waals surface area contributed by atoms with Crippen LogP contribution in [0, 0.1) is 0 Å². The first-order chi connectivity index (χ1) is 12.4. The van der Waals surface area contributed by atoms with Crippen LogP contribution in [0.1, 0.15) is 6.92 Å². The van der Waals surface area contributed by atoms with Gasteiger partial charge in [0.05, 0.1) is 21.7 Å². The van der Waals surface area contributed by atoms with Gasteiger partial charge >= 0.3 is 0 Å². The highest BCUT2D eigenvalue weighted by Crippen LogP contribution is 2.23. The fourth-order valence-corrected chi connectivity index (χ4v) is 5.33. The van der Waals surface area contributed by atoms with E-state index in [9.17, 15) is 8.42 Å². The number of sulfonamides is 1. The van der Waals surface area contributed by atoms with Crippen molar-refractivity contribution in [2.75, 3.05) is 13.2 Å². The number of benzene rings is 2. The Kier molecular flexibility index (Phi) is 6.19. The summed E-state index contributed by atoms with van der Waals surface area (Å²) in [4.78, 5) is 0.518. The third kappa shape index (κ3) is 4.37. The van der Waals surface area contributed by atoms with E-state index < -0.39 is 10.0 Å². The van der Waals surface area contributed by atoms with Crippen LogP contribution in [0.3, 0.4) is 0 Å². The number of thiazole rings is 1. The first kappa shape index (κ1) is 19.6. The number of hydrogen-bond donors (Lipinski definition) is 0. The molecule has 1 aromatic heterocycles. The smallest absolute Gasteiger partial charge is 0.285 e. The Labute approximate surface area is 169 Å². The van der Waals surface area contributed by atoms with Gasteiger partial charge in [0, 0.05) is 22.6 Å². The average molecular weight is 476 g/mol. The van der Waals surface area contributed by atoms with E-state index in [4.69, 9.17) is 16.3 Å². The molecule has 0 spiro atoms. The number of rotatable bonds is 6. The van der Waals surface area contributed by atoms with E-state index in [2.05, 4.69) is 20.3 Å². The van der Waals surface area contributed by atoms with Crippen LogP contribution in [0.5, 0.6) is 0 Å². The largest absolute Gasteiger partial charge is 0.380 e. The molecular formula is C17H16BrClN2O3S2. The molecule has 26 heavy (non-hydrogen) atoms. The van der Waals surface area contributed by atoms with Crippen LogP contribution in [-0.2, 0) is 21.3 Å². The Balaban J connectivity index is 2.14. The Morgan fingerprint density at radius 1 is 1.23 bits per heavy atom. The first-order valence-electron chi connectivity index (χ1n) is 7.84. The van der Waals surface area contributed by atoms with Gasteiger partial charge in [0.15, 0.2) is 0 Å². The SMILES string of the molecule is CCOCCn1/c(=N/S(=O)(=O)c2ccc(Cl)cc2)sc2cc(Br)ccc21. The molecule has 3 rings (SSSR count). The maximum atomic E-state index is 12.7. The molecule has 0 unspecified atom stereocenters. The predicted molar refractivity (Wildman–Crippen MR) is 108 cm³/mol. The lowest BCUT2D eigenvalue weighted by atomic mass is 10.3. The molecule has 0 amide bonds. The van der Waals surface area contributed by atoms with E-state index in [1.54, 1.807) is 0 Å². The van der Waals surface area contributed by atoms with Gasteiger partial charge in [-0.1, -0.05) is 38.9 Å². The molecule has 9 heteroatoms. The van der Waals surface area contributed by atoms with Gasteiger partial charge in [-0.2, -0.15) is 8.42 Å². The van der Waals surface area contributed by atoms with Gasteiger partial charge < -0.3 is 9.30 Å². The van der Waals surface area contributed by atoms with E-state index in [1.807, 2.05) is 29.7 Å². The monoisotopic (exact) mass is 474 g/mol. The topological polar surface area (TPSA) is 60.7 Å². The summed E-state index contributed by atoms with van der Waals surface area (Å²) in [6, 6.07) is 11.8. The van der Waals surface area contributed by atoms with E-state index in [0.29, 0.717) is 29.6 Å². The number of aromatic nitrogens is 1. The minimum absolute atomic E-state index is 0.108. The normalized spacial score (nSPS) is 12.8. The van der Waals surface area contributed by atoms with Crippen LogP contribution in [-0.4, -0.2) is 26.2 Å². The number of halogens is 2. The third-order valence-corrected chi connectivity index (χ3v) is 6.80. The maximum Gasteiger partial charge on any atom is 0.285 e. The van der Waals surface area contributed by atoms with Crippen molar-refractivity contribution in [2.24, 2.45) is 4.40 Å². The fourth-order valence-electron chi connectivity index (χ4n) is 2.40. The predicted octanol–water partition coefficient (Wildman–Crippen LogP) is 4.44. The molecule has 0 bridgehead atoms. The summed E-state index contributed by atoms with van der Waals surface area (Å²) in [6.07, 6.45) is 0. The van der Waals surface area contributed by atoms with Crippen LogP contribution in [0.2, 0.25) is 5.02 Å². The van der Waals surface area contributed by atoms with Crippen molar-refractivity contribution in [1.82, 2.24) is 4.57 Å². The maximum absolute atomic E-state index is 12.7. The molecule has 0 N–H and O–H groups in total. The van der Waals surface area contributed by atoms with Gasteiger partial charge in [0.2, 0.25) is 4.80 Å². The molecule has 2 aromatic carbocycles. The van der Waals surface area contributed by atoms with Crippen LogP contribution in [0.15, 0.2) is 56.2 Å². The molecule has 0 saturated heterocycles. The Morgan fingerprint density at radius 3 is 2.65 bits per heavy atom. The van der Waals surface area contributed by atoms with Gasteiger partial charge in [-0.05, 0) is 49.4 Å². The highest BCUT2D eigenvalue weighted by molar-refractivity contribution is 9.10. The van der Waals surface area contributed by atoms with E-state index in [-0.39, 0.29) is 4.90 Å². The molecule has 138 valence electrons. The zero-order valence-electron chi connectivity index (χ0n) is 13.9. The van der Waals surface area contributed by atoms with Crippen molar-refractivity contribution in [1.29, 1.82) is 0 Å².